The highest BCUT2D eigenvalue weighted by Crippen LogP contribution is 2.39. The minimum Gasteiger partial charge on any atom is -0.469 e. The molecule has 38 heavy (non-hydrogen) atoms. The molecule has 2 aromatic heterocycles. The largest absolute Gasteiger partial charge is 0.469 e. The second-order valence-electron chi connectivity index (χ2n) is 9.33. The van der Waals surface area contributed by atoms with Gasteiger partial charge in [0.15, 0.2) is 0 Å². The number of hydrogen-bond acceptors (Lipinski definition) is 6. The number of aryl methyl sites for hydroxylation is 1. The second kappa shape index (κ2) is 13.1. The first-order valence-electron chi connectivity index (χ1n) is 13.1. The number of furan rings is 1. The number of benzene rings is 2. The standard InChI is InChI=1S/C20H15FN2O2.C10H19NO2/c1-2-12-7-9-13(10-8-12)16-17-19(24)22-11-23-20(17)25-18(16)14-5-3-4-6-15(14)21;1-13-10(12)6-5-9-11-7-3-2-4-8-11/h3-11H,2H2,1H3,(H,22,23,24);2-9H2,1H3. The van der Waals surface area contributed by atoms with E-state index < -0.39 is 5.82 Å². The van der Waals surface area contributed by atoms with Crippen LogP contribution in [0.3, 0.4) is 0 Å². The maximum atomic E-state index is 14.4. The Labute approximate surface area is 221 Å². The number of carbonyl (C=O) groups is 1. The van der Waals surface area contributed by atoms with Gasteiger partial charge in [-0.15, -0.1) is 0 Å². The van der Waals surface area contributed by atoms with Crippen molar-refractivity contribution in [3.8, 4) is 22.5 Å². The number of likely N-dealkylation sites (tertiary alicyclic amines) is 1. The highest BCUT2D eigenvalue weighted by atomic mass is 19.1. The Kier molecular flexibility index (Phi) is 9.43. The molecule has 1 aliphatic heterocycles. The molecule has 2 aromatic carbocycles. The van der Waals surface area contributed by atoms with E-state index in [-0.39, 0.29) is 17.2 Å². The van der Waals surface area contributed by atoms with E-state index in [9.17, 15) is 14.0 Å². The lowest BCUT2D eigenvalue weighted by atomic mass is 9.98. The Morgan fingerprint density at radius 3 is 2.53 bits per heavy atom. The lowest BCUT2D eigenvalue weighted by molar-refractivity contribution is -0.140. The van der Waals surface area contributed by atoms with E-state index in [1.807, 2.05) is 24.3 Å². The van der Waals surface area contributed by atoms with Crippen molar-refractivity contribution in [3.63, 3.8) is 0 Å². The van der Waals surface area contributed by atoms with Gasteiger partial charge in [0.05, 0.1) is 19.0 Å². The van der Waals surface area contributed by atoms with Crippen LogP contribution in [0.2, 0.25) is 0 Å². The molecule has 0 bridgehead atoms. The fourth-order valence-corrected chi connectivity index (χ4v) is 4.69. The molecule has 1 fully saturated rings. The molecule has 0 spiro atoms. The molecule has 4 aromatic rings. The van der Waals surface area contributed by atoms with E-state index in [1.54, 1.807) is 18.2 Å². The average Bonchev–Trinajstić information content (AvgIpc) is 3.35. The average molecular weight is 520 g/mol. The third-order valence-corrected chi connectivity index (χ3v) is 6.80. The number of fused-ring (bicyclic) bond motifs is 1. The lowest BCUT2D eigenvalue weighted by Gasteiger charge is -2.25. The number of esters is 1. The van der Waals surface area contributed by atoms with Crippen molar-refractivity contribution in [1.82, 2.24) is 14.9 Å². The maximum absolute atomic E-state index is 14.4. The summed E-state index contributed by atoms with van der Waals surface area (Å²) >= 11 is 0. The number of aromatic amines is 1. The Bertz CT molecular complexity index is 1410. The topological polar surface area (TPSA) is 88.4 Å². The quantitative estimate of drug-likeness (QED) is 0.302. The highest BCUT2D eigenvalue weighted by Gasteiger charge is 2.22. The number of methoxy groups -OCH3 is 1. The number of aromatic nitrogens is 2. The molecule has 0 atom stereocenters. The Morgan fingerprint density at radius 2 is 1.84 bits per heavy atom. The molecule has 5 rings (SSSR count). The summed E-state index contributed by atoms with van der Waals surface area (Å²) in [5, 5.41) is 0.324. The third kappa shape index (κ3) is 6.55. The molecule has 7 nitrogen and oxygen atoms in total. The fourth-order valence-electron chi connectivity index (χ4n) is 4.69. The summed E-state index contributed by atoms with van der Waals surface area (Å²) in [7, 11) is 1.45. The maximum Gasteiger partial charge on any atom is 0.305 e. The van der Waals surface area contributed by atoms with Gasteiger partial charge in [-0.3, -0.25) is 9.59 Å². The van der Waals surface area contributed by atoms with Crippen LogP contribution < -0.4 is 5.56 Å². The van der Waals surface area contributed by atoms with E-state index >= 15 is 0 Å². The predicted molar refractivity (Wildman–Crippen MR) is 146 cm³/mol. The van der Waals surface area contributed by atoms with Gasteiger partial charge in [0.2, 0.25) is 5.71 Å². The molecule has 0 saturated carbocycles. The number of nitrogens with zero attached hydrogens (tertiary/aromatic N) is 2. The first-order chi connectivity index (χ1) is 18.5. The molecular formula is C30H34FN3O4. The summed E-state index contributed by atoms with van der Waals surface area (Å²) in [4.78, 5) is 32.3. The van der Waals surface area contributed by atoms with Gasteiger partial charge < -0.3 is 19.0 Å². The summed E-state index contributed by atoms with van der Waals surface area (Å²) in [6, 6.07) is 14.2. The molecule has 200 valence electrons. The molecule has 8 heteroatoms. The summed E-state index contributed by atoms with van der Waals surface area (Å²) in [6.45, 7) is 5.54. The van der Waals surface area contributed by atoms with Crippen molar-refractivity contribution in [2.75, 3.05) is 26.7 Å². The number of hydrogen-bond donors (Lipinski definition) is 1. The Morgan fingerprint density at radius 1 is 1.11 bits per heavy atom. The minimum absolute atomic E-state index is 0.0861. The molecule has 1 N–H and O–H groups in total. The molecule has 0 amide bonds. The number of ether oxygens (including phenoxy) is 1. The molecular weight excluding hydrogens is 485 g/mol. The first kappa shape index (κ1) is 27.3. The molecule has 1 saturated heterocycles. The van der Waals surface area contributed by atoms with Gasteiger partial charge in [-0.05, 0) is 68.6 Å². The molecule has 1 aliphatic rings. The molecule has 0 radical (unpaired) electrons. The van der Waals surface area contributed by atoms with Crippen LogP contribution in [0, 0.1) is 5.82 Å². The summed E-state index contributed by atoms with van der Waals surface area (Å²) in [5.74, 6) is -0.192. The van der Waals surface area contributed by atoms with E-state index in [4.69, 9.17) is 4.42 Å². The van der Waals surface area contributed by atoms with E-state index in [0.717, 1.165) is 24.9 Å². The van der Waals surface area contributed by atoms with Crippen molar-refractivity contribution in [1.29, 1.82) is 0 Å². The third-order valence-electron chi connectivity index (χ3n) is 6.80. The van der Waals surface area contributed by atoms with Gasteiger partial charge in [0.1, 0.15) is 17.0 Å². The van der Waals surface area contributed by atoms with Crippen LogP contribution in [0.5, 0.6) is 0 Å². The molecule has 0 aliphatic carbocycles. The van der Waals surface area contributed by atoms with Gasteiger partial charge in [0, 0.05) is 12.0 Å². The zero-order valence-electron chi connectivity index (χ0n) is 22.0. The summed E-state index contributed by atoms with van der Waals surface area (Å²) < 4.78 is 24.7. The van der Waals surface area contributed by atoms with Gasteiger partial charge in [-0.1, -0.05) is 49.7 Å². The number of piperidine rings is 1. The van der Waals surface area contributed by atoms with Crippen molar-refractivity contribution < 1.29 is 18.3 Å². The SMILES string of the molecule is CCc1ccc(-c2c(-c3ccccc3F)oc3nc[nH]c(=O)c23)cc1.COC(=O)CCCN1CCCCC1. The van der Waals surface area contributed by atoms with Crippen LogP contribution in [-0.4, -0.2) is 47.6 Å². The highest BCUT2D eigenvalue weighted by molar-refractivity contribution is 5.99. The monoisotopic (exact) mass is 519 g/mol. The van der Waals surface area contributed by atoms with Crippen LogP contribution in [0.1, 0.15) is 44.6 Å². The van der Waals surface area contributed by atoms with E-state index in [0.29, 0.717) is 28.7 Å². The van der Waals surface area contributed by atoms with Crippen LogP contribution >= 0.6 is 0 Å². The Balaban J connectivity index is 0.000000219. The van der Waals surface area contributed by atoms with Gasteiger partial charge in [-0.25, -0.2) is 9.37 Å². The van der Waals surface area contributed by atoms with E-state index in [1.165, 1.54) is 57.4 Å². The van der Waals surface area contributed by atoms with Crippen molar-refractivity contribution in [2.24, 2.45) is 0 Å². The van der Waals surface area contributed by atoms with Crippen LogP contribution in [0.15, 0.2) is 64.1 Å². The zero-order chi connectivity index (χ0) is 26.9. The molecule has 3 heterocycles. The van der Waals surface area contributed by atoms with Crippen LogP contribution in [0.4, 0.5) is 4.39 Å². The minimum atomic E-state index is -0.413. The number of rotatable bonds is 7. The first-order valence-corrected chi connectivity index (χ1v) is 13.1. The fraction of sp³-hybridized carbons (Fsp3) is 0.367. The number of carbonyl (C=O) groups excluding carboxylic acids is 1. The number of halogens is 1. The Hall–Kier alpha value is -3.78. The predicted octanol–water partition coefficient (Wildman–Crippen LogP) is 5.98. The lowest BCUT2D eigenvalue weighted by Crippen LogP contribution is -2.30. The van der Waals surface area contributed by atoms with Gasteiger partial charge in [0.25, 0.3) is 5.56 Å². The summed E-state index contributed by atoms with van der Waals surface area (Å²) in [5.41, 5.74) is 2.69. The normalized spacial score (nSPS) is 13.7. The number of nitrogens with one attached hydrogen (secondary N) is 1. The van der Waals surface area contributed by atoms with Crippen molar-refractivity contribution >= 4 is 17.1 Å². The van der Waals surface area contributed by atoms with Gasteiger partial charge in [-0.2, -0.15) is 0 Å². The smallest absolute Gasteiger partial charge is 0.305 e. The van der Waals surface area contributed by atoms with E-state index in [2.05, 4.69) is 26.5 Å². The second-order valence-corrected chi connectivity index (χ2v) is 9.33. The van der Waals surface area contributed by atoms with Crippen LogP contribution in [-0.2, 0) is 16.0 Å². The number of H-pyrrole nitrogens is 1. The molecule has 0 unspecified atom stereocenters. The van der Waals surface area contributed by atoms with Crippen molar-refractivity contribution in [2.45, 2.75) is 45.4 Å². The zero-order valence-corrected chi connectivity index (χ0v) is 22.0. The van der Waals surface area contributed by atoms with Crippen molar-refractivity contribution in [3.05, 3.63) is 76.6 Å². The van der Waals surface area contributed by atoms with Gasteiger partial charge >= 0.3 is 5.97 Å². The summed E-state index contributed by atoms with van der Waals surface area (Å²) in [6.07, 6.45) is 7.70. The van der Waals surface area contributed by atoms with Crippen LogP contribution in [0.25, 0.3) is 33.6 Å².